The summed E-state index contributed by atoms with van der Waals surface area (Å²) in [5.41, 5.74) is 7.78. The van der Waals surface area contributed by atoms with Crippen LogP contribution in [0.4, 0.5) is 11.9 Å². The molecule has 0 aliphatic carbocycles. The van der Waals surface area contributed by atoms with Gasteiger partial charge in [-0.05, 0) is 36.2 Å². The number of furan rings is 1. The number of amides is 1. The molecule has 1 aliphatic heterocycles. The van der Waals surface area contributed by atoms with E-state index < -0.39 is 0 Å². The van der Waals surface area contributed by atoms with Crippen LogP contribution in [0.25, 0.3) is 17.4 Å². The van der Waals surface area contributed by atoms with Crippen molar-refractivity contribution >= 4 is 23.6 Å². The van der Waals surface area contributed by atoms with E-state index >= 15 is 0 Å². The van der Waals surface area contributed by atoms with Crippen LogP contribution in [0.15, 0.2) is 47.1 Å². The Balaban J connectivity index is 1.21. The van der Waals surface area contributed by atoms with Gasteiger partial charge in [0.15, 0.2) is 5.76 Å². The summed E-state index contributed by atoms with van der Waals surface area (Å²) in [5.74, 6) is 1.83. The molecule has 1 aromatic carbocycles. The third-order valence-electron chi connectivity index (χ3n) is 5.17. The van der Waals surface area contributed by atoms with E-state index in [4.69, 9.17) is 14.9 Å². The molecule has 0 atom stereocenters. The first-order valence-corrected chi connectivity index (χ1v) is 10.3. The summed E-state index contributed by atoms with van der Waals surface area (Å²) >= 11 is 0. The van der Waals surface area contributed by atoms with E-state index in [-0.39, 0.29) is 11.9 Å². The second kappa shape index (κ2) is 8.63. The average Bonchev–Trinajstić information content (AvgIpc) is 3.50. The van der Waals surface area contributed by atoms with Crippen molar-refractivity contribution in [2.24, 2.45) is 0 Å². The van der Waals surface area contributed by atoms with Crippen molar-refractivity contribution in [1.29, 1.82) is 0 Å². The normalized spacial score (nSPS) is 14.1. The molecule has 0 radical (unpaired) electrons. The van der Waals surface area contributed by atoms with E-state index in [1.807, 2.05) is 29.2 Å². The summed E-state index contributed by atoms with van der Waals surface area (Å²) in [6, 6.07) is 11.2. The van der Waals surface area contributed by atoms with Gasteiger partial charge in [-0.2, -0.15) is 19.5 Å². The van der Waals surface area contributed by atoms with Crippen LogP contribution in [0.5, 0.6) is 0 Å². The maximum absolute atomic E-state index is 12.5. The number of morpholine rings is 1. The fraction of sp³-hybridized carbons (Fsp3) is 0.286. The third kappa shape index (κ3) is 4.10. The average molecular weight is 434 g/mol. The number of nitrogens with one attached hydrogen (secondary N) is 1. The Morgan fingerprint density at radius 3 is 2.66 bits per heavy atom. The lowest BCUT2D eigenvalue weighted by atomic mass is 10.1. The fourth-order valence-electron chi connectivity index (χ4n) is 3.48. The van der Waals surface area contributed by atoms with Gasteiger partial charge < -0.3 is 25.1 Å². The van der Waals surface area contributed by atoms with Gasteiger partial charge in [0.2, 0.25) is 17.7 Å². The molecule has 32 heavy (non-hydrogen) atoms. The predicted molar refractivity (Wildman–Crippen MR) is 116 cm³/mol. The highest BCUT2D eigenvalue weighted by atomic mass is 16.5. The van der Waals surface area contributed by atoms with E-state index in [1.165, 1.54) is 4.52 Å². The molecule has 0 bridgehead atoms. The first kappa shape index (κ1) is 19.9. The summed E-state index contributed by atoms with van der Waals surface area (Å²) < 4.78 is 12.0. The number of aromatic nitrogens is 5. The number of carbonyl (C=O) groups is 1. The van der Waals surface area contributed by atoms with Crippen LogP contribution in [0, 0.1) is 0 Å². The number of rotatable bonds is 6. The Bertz CT molecular complexity index is 1210. The molecule has 11 heteroatoms. The second-order valence-corrected chi connectivity index (χ2v) is 7.31. The smallest absolute Gasteiger partial charge is 0.259 e. The maximum Gasteiger partial charge on any atom is 0.259 e. The van der Waals surface area contributed by atoms with Gasteiger partial charge >= 0.3 is 0 Å². The molecule has 1 fully saturated rings. The van der Waals surface area contributed by atoms with Crippen LogP contribution < -0.4 is 11.1 Å². The molecule has 3 aromatic heterocycles. The Morgan fingerprint density at radius 2 is 1.91 bits per heavy atom. The lowest BCUT2D eigenvalue weighted by Gasteiger charge is -2.26. The number of hydrogen-bond acceptors (Lipinski definition) is 9. The van der Waals surface area contributed by atoms with E-state index in [0.717, 1.165) is 12.0 Å². The molecule has 1 aliphatic rings. The molecular weight excluding hydrogens is 412 g/mol. The van der Waals surface area contributed by atoms with Crippen LogP contribution >= 0.6 is 0 Å². The first-order valence-electron chi connectivity index (χ1n) is 10.3. The van der Waals surface area contributed by atoms with Gasteiger partial charge in [-0.25, -0.2) is 0 Å². The highest BCUT2D eigenvalue weighted by Crippen LogP contribution is 2.17. The van der Waals surface area contributed by atoms with Gasteiger partial charge in [-0.3, -0.25) is 4.79 Å². The molecule has 4 aromatic rings. The minimum Gasteiger partial charge on any atom is -0.461 e. The first-order chi connectivity index (χ1) is 15.7. The summed E-state index contributed by atoms with van der Waals surface area (Å²) in [4.78, 5) is 27.3. The van der Waals surface area contributed by atoms with Crippen molar-refractivity contribution < 1.29 is 13.9 Å². The SMILES string of the molecule is Nc1nc(NCCc2ccc(C(=O)N3CCOCC3)cc2)nc2nc(-c3ccco3)nn12. The molecule has 0 unspecified atom stereocenters. The monoisotopic (exact) mass is 434 g/mol. The molecule has 1 amide bonds. The summed E-state index contributed by atoms with van der Waals surface area (Å²) in [7, 11) is 0. The van der Waals surface area contributed by atoms with Gasteiger partial charge in [0.1, 0.15) is 0 Å². The Hall–Kier alpha value is -3.99. The second-order valence-electron chi connectivity index (χ2n) is 7.31. The van der Waals surface area contributed by atoms with Crippen LogP contribution in [-0.4, -0.2) is 68.2 Å². The molecule has 11 nitrogen and oxygen atoms in total. The minimum atomic E-state index is 0.0392. The zero-order valence-electron chi connectivity index (χ0n) is 17.3. The number of nitrogens with two attached hydrogens (primary N) is 1. The van der Waals surface area contributed by atoms with Gasteiger partial charge in [0.05, 0.1) is 19.5 Å². The molecule has 0 spiro atoms. The quantitative estimate of drug-likeness (QED) is 0.462. The lowest BCUT2D eigenvalue weighted by molar-refractivity contribution is 0.0303. The van der Waals surface area contributed by atoms with Crippen molar-refractivity contribution in [3.05, 3.63) is 53.8 Å². The van der Waals surface area contributed by atoms with Crippen LogP contribution in [-0.2, 0) is 11.2 Å². The Labute approximate surface area is 183 Å². The van der Waals surface area contributed by atoms with Crippen LogP contribution in [0.3, 0.4) is 0 Å². The molecule has 0 saturated carbocycles. The van der Waals surface area contributed by atoms with Gasteiger partial charge in [0, 0.05) is 25.2 Å². The van der Waals surface area contributed by atoms with Gasteiger partial charge in [0.25, 0.3) is 11.7 Å². The van der Waals surface area contributed by atoms with E-state index in [1.54, 1.807) is 18.4 Å². The molecular formula is C21H22N8O3. The highest BCUT2D eigenvalue weighted by Gasteiger charge is 2.18. The van der Waals surface area contributed by atoms with Crippen molar-refractivity contribution in [1.82, 2.24) is 29.5 Å². The predicted octanol–water partition coefficient (Wildman–Crippen LogP) is 1.49. The van der Waals surface area contributed by atoms with Crippen molar-refractivity contribution in [3.8, 4) is 11.6 Å². The summed E-state index contributed by atoms with van der Waals surface area (Å²) in [5, 5.41) is 7.44. The van der Waals surface area contributed by atoms with E-state index in [9.17, 15) is 4.79 Å². The number of anilines is 2. The molecule has 5 rings (SSSR count). The number of fused-ring (bicyclic) bond motifs is 1. The number of ether oxygens (including phenoxy) is 1. The Morgan fingerprint density at radius 1 is 1.09 bits per heavy atom. The minimum absolute atomic E-state index is 0.0392. The number of nitrogen functional groups attached to an aromatic ring is 1. The van der Waals surface area contributed by atoms with Crippen molar-refractivity contribution in [3.63, 3.8) is 0 Å². The molecule has 164 valence electrons. The maximum atomic E-state index is 12.5. The van der Waals surface area contributed by atoms with E-state index in [0.29, 0.717) is 61.7 Å². The standard InChI is InChI=1S/C21H22N8O3/c22-19-25-20(26-21-24-17(27-29(19)21)16-2-1-11-32-16)23-8-7-14-3-5-15(6-4-14)18(30)28-9-12-31-13-10-28/h1-6,11H,7-10,12-13H2,(H3,22,23,24,25,26,27). The lowest BCUT2D eigenvalue weighted by Crippen LogP contribution is -2.40. The van der Waals surface area contributed by atoms with Crippen LogP contribution in [0.2, 0.25) is 0 Å². The molecule has 1 saturated heterocycles. The van der Waals surface area contributed by atoms with E-state index in [2.05, 4.69) is 25.4 Å². The number of nitrogens with zero attached hydrogens (tertiary/aromatic N) is 6. The third-order valence-corrected chi connectivity index (χ3v) is 5.17. The molecule has 4 heterocycles. The van der Waals surface area contributed by atoms with Gasteiger partial charge in [-0.1, -0.05) is 12.1 Å². The number of carbonyl (C=O) groups excluding carboxylic acids is 1. The topological polar surface area (TPSA) is 137 Å². The molecule has 3 N–H and O–H groups in total. The van der Waals surface area contributed by atoms with Gasteiger partial charge in [-0.15, -0.1) is 5.10 Å². The zero-order chi connectivity index (χ0) is 21.9. The zero-order valence-corrected chi connectivity index (χ0v) is 17.3. The number of benzene rings is 1. The van der Waals surface area contributed by atoms with Crippen molar-refractivity contribution in [2.75, 3.05) is 43.9 Å². The highest BCUT2D eigenvalue weighted by molar-refractivity contribution is 5.94. The number of hydrogen-bond donors (Lipinski definition) is 2. The largest absolute Gasteiger partial charge is 0.461 e. The summed E-state index contributed by atoms with van der Waals surface area (Å²) in [6.45, 7) is 3.03. The Kier molecular flexibility index (Phi) is 5.38. The summed E-state index contributed by atoms with van der Waals surface area (Å²) in [6.07, 6.45) is 2.28. The van der Waals surface area contributed by atoms with Crippen molar-refractivity contribution in [2.45, 2.75) is 6.42 Å². The van der Waals surface area contributed by atoms with Crippen LogP contribution in [0.1, 0.15) is 15.9 Å². The fourth-order valence-corrected chi connectivity index (χ4v) is 3.48.